The molecule has 1 rings (SSSR count). The summed E-state index contributed by atoms with van der Waals surface area (Å²) in [6, 6.07) is 0. The topological polar surface area (TPSA) is 90.2 Å². The van der Waals surface area contributed by atoms with Crippen LogP contribution >= 0.6 is 0 Å². The van der Waals surface area contributed by atoms with E-state index in [2.05, 4.69) is 4.74 Å². The fourth-order valence-electron chi connectivity index (χ4n) is 0.995. The monoisotopic (exact) mass is 188 g/mol. The molecular weight excluding hydrogens is 176 g/mol. The van der Waals surface area contributed by atoms with E-state index in [0.29, 0.717) is 18.4 Å². The zero-order chi connectivity index (χ0) is 9.84. The zero-order valence-electron chi connectivity index (χ0n) is 6.97. The Morgan fingerprint density at radius 1 is 1.38 bits per heavy atom. The molecule has 5 nitrogen and oxygen atoms in total. The second-order valence-electron chi connectivity index (χ2n) is 2.69. The van der Waals surface area contributed by atoms with Crippen LogP contribution in [-0.2, 0) is 4.74 Å². The Labute approximate surface area is 75.2 Å². The van der Waals surface area contributed by atoms with Crippen molar-refractivity contribution in [3.63, 3.8) is 0 Å². The molecule has 0 fully saturated rings. The van der Waals surface area contributed by atoms with Crippen molar-refractivity contribution in [2.24, 2.45) is 0 Å². The Bertz CT molecular complexity index is 243. The van der Waals surface area contributed by atoms with Gasteiger partial charge in [0, 0.05) is 12.2 Å². The van der Waals surface area contributed by atoms with Crippen LogP contribution in [0.3, 0.4) is 0 Å². The van der Waals surface area contributed by atoms with Crippen LogP contribution in [0.15, 0.2) is 23.4 Å². The fraction of sp³-hybridized carbons (Fsp3) is 0.500. The molecule has 1 unspecified atom stereocenters. The second kappa shape index (κ2) is 4.15. The summed E-state index contributed by atoms with van der Waals surface area (Å²) in [5.41, 5.74) is 0.372. The van der Waals surface area contributed by atoms with Gasteiger partial charge in [-0.3, -0.25) is 0 Å². The minimum Gasteiger partial charge on any atom is -0.504 e. The van der Waals surface area contributed by atoms with Crippen molar-refractivity contribution in [2.75, 3.05) is 6.61 Å². The average Bonchev–Trinajstić information content (AvgIpc) is 2.13. The standard InChI is InChI=1S/C8H12O5/c9-3-1-2-5-4-13-8(12)7(11)6(5)10/h4,8-12H,1-3H2. The van der Waals surface area contributed by atoms with E-state index < -0.39 is 12.0 Å². The second-order valence-corrected chi connectivity index (χ2v) is 2.69. The lowest BCUT2D eigenvalue weighted by Crippen LogP contribution is -2.19. The highest BCUT2D eigenvalue weighted by Crippen LogP contribution is 2.23. The summed E-state index contributed by atoms with van der Waals surface area (Å²) in [5, 5.41) is 35.8. The van der Waals surface area contributed by atoms with Gasteiger partial charge in [0.25, 0.3) is 6.29 Å². The molecule has 0 amide bonds. The molecule has 74 valence electrons. The van der Waals surface area contributed by atoms with E-state index >= 15 is 0 Å². The minimum absolute atomic E-state index is 0.00602. The first kappa shape index (κ1) is 9.88. The Kier molecular flexibility index (Phi) is 3.16. The maximum atomic E-state index is 9.27. The van der Waals surface area contributed by atoms with Crippen molar-refractivity contribution >= 4 is 0 Å². The molecule has 0 aliphatic carbocycles. The van der Waals surface area contributed by atoms with E-state index in [1.54, 1.807) is 0 Å². The molecule has 1 aliphatic heterocycles. The normalized spacial score (nSPS) is 22.6. The van der Waals surface area contributed by atoms with Crippen LogP contribution < -0.4 is 0 Å². The lowest BCUT2D eigenvalue weighted by Gasteiger charge is -2.18. The van der Waals surface area contributed by atoms with Gasteiger partial charge in [-0.25, -0.2) is 0 Å². The van der Waals surface area contributed by atoms with Crippen LogP contribution in [0, 0.1) is 0 Å². The van der Waals surface area contributed by atoms with Crippen LogP contribution in [0.4, 0.5) is 0 Å². The Hall–Kier alpha value is -1.20. The van der Waals surface area contributed by atoms with Crippen LogP contribution in [0.2, 0.25) is 0 Å². The van der Waals surface area contributed by atoms with Crippen molar-refractivity contribution in [1.29, 1.82) is 0 Å². The molecule has 1 heterocycles. The lowest BCUT2D eigenvalue weighted by atomic mass is 10.1. The van der Waals surface area contributed by atoms with Crippen LogP contribution in [0.25, 0.3) is 0 Å². The highest BCUT2D eigenvalue weighted by atomic mass is 16.6. The van der Waals surface area contributed by atoms with Crippen molar-refractivity contribution < 1.29 is 25.2 Å². The smallest absolute Gasteiger partial charge is 0.259 e. The third-order valence-electron chi connectivity index (χ3n) is 1.72. The van der Waals surface area contributed by atoms with Gasteiger partial charge in [0.05, 0.1) is 6.26 Å². The Balaban J connectivity index is 2.67. The van der Waals surface area contributed by atoms with Gasteiger partial charge in [0.15, 0.2) is 5.76 Å². The molecule has 0 radical (unpaired) electrons. The SMILES string of the molecule is OCCCC1=COC(O)C(O)=C1O. The maximum absolute atomic E-state index is 9.27. The van der Waals surface area contributed by atoms with Crippen molar-refractivity contribution in [1.82, 2.24) is 0 Å². The van der Waals surface area contributed by atoms with Crippen LogP contribution in [0.5, 0.6) is 0 Å². The molecule has 0 spiro atoms. The molecule has 13 heavy (non-hydrogen) atoms. The predicted octanol–water partition coefficient (Wildman–Crippen LogP) is 0.319. The molecule has 0 aromatic rings. The number of ether oxygens (including phenoxy) is 1. The molecule has 0 saturated carbocycles. The average molecular weight is 188 g/mol. The predicted molar refractivity (Wildman–Crippen MR) is 43.8 cm³/mol. The molecular formula is C8H12O5. The number of aliphatic hydroxyl groups is 4. The lowest BCUT2D eigenvalue weighted by molar-refractivity contribution is -0.0581. The van der Waals surface area contributed by atoms with Crippen molar-refractivity contribution in [2.45, 2.75) is 19.1 Å². The molecule has 1 aliphatic rings. The third-order valence-corrected chi connectivity index (χ3v) is 1.72. The molecule has 0 bridgehead atoms. The Morgan fingerprint density at radius 2 is 2.08 bits per heavy atom. The minimum atomic E-state index is -1.49. The molecule has 1 atom stereocenters. The third kappa shape index (κ3) is 2.13. The highest BCUT2D eigenvalue weighted by Gasteiger charge is 2.22. The summed E-state index contributed by atoms with van der Waals surface area (Å²) in [4.78, 5) is 0. The number of hydrogen-bond donors (Lipinski definition) is 4. The first-order valence-electron chi connectivity index (χ1n) is 3.92. The van der Waals surface area contributed by atoms with Gasteiger partial charge in [-0.1, -0.05) is 0 Å². The largest absolute Gasteiger partial charge is 0.504 e. The van der Waals surface area contributed by atoms with Gasteiger partial charge in [0.1, 0.15) is 0 Å². The van der Waals surface area contributed by atoms with E-state index in [0.717, 1.165) is 0 Å². The van der Waals surface area contributed by atoms with Crippen LogP contribution in [-0.4, -0.2) is 33.3 Å². The number of hydrogen-bond acceptors (Lipinski definition) is 5. The summed E-state index contributed by atoms with van der Waals surface area (Å²) in [7, 11) is 0. The van der Waals surface area contributed by atoms with E-state index in [1.165, 1.54) is 6.26 Å². The van der Waals surface area contributed by atoms with Gasteiger partial charge in [-0.15, -0.1) is 0 Å². The van der Waals surface area contributed by atoms with Crippen LogP contribution in [0.1, 0.15) is 12.8 Å². The maximum Gasteiger partial charge on any atom is 0.259 e. The van der Waals surface area contributed by atoms with E-state index in [4.69, 9.17) is 15.3 Å². The number of rotatable bonds is 3. The van der Waals surface area contributed by atoms with Gasteiger partial charge < -0.3 is 25.2 Å². The first-order valence-corrected chi connectivity index (χ1v) is 3.92. The molecule has 5 heteroatoms. The first-order chi connectivity index (χ1) is 6.16. The molecule has 0 saturated heterocycles. The molecule has 0 aromatic heterocycles. The van der Waals surface area contributed by atoms with Gasteiger partial charge in [-0.05, 0) is 12.8 Å². The van der Waals surface area contributed by atoms with Crippen molar-refractivity contribution in [3.8, 4) is 0 Å². The summed E-state index contributed by atoms with van der Waals surface area (Å²) in [6.45, 7) is -0.00602. The van der Waals surface area contributed by atoms with Gasteiger partial charge in [-0.2, -0.15) is 0 Å². The number of allylic oxidation sites excluding steroid dienone is 1. The highest BCUT2D eigenvalue weighted by molar-refractivity contribution is 5.28. The summed E-state index contributed by atoms with van der Waals surface area (Å²) < 4.78 is 4.61. The van der Waals surface area contributed by atoms with E-state index in [9.17, 15) is 5.11 Å². The summed E-state index contributed by atoms with van der Waals surface area (Å²) in [5.74, 6) is -0.956. The van der Waals surface area contributed by atoms with Gasteiger partial charge >= 0.3 is 0 Å². The van der Waals surface area contributed by atoms with Gasteiger partial charge in [0.2, 0.25) is 5.76 Å². The zero-order valence-corrected chi connectivity index (χ0v) is 6.97. The quantitative estimate of drug-likeness (QED) is 0.512. The summed E-state index contributed by atoms with van der Waals surface area (Å²) in [6.07, 6.45) is 0.537. The molecule has 4 N–H and O–H groups in total. The Morgan fingerprint density at radius 3 is 2.69 bits per heavy atom. The van der Waals surface area contributed by atoms with Crippen molar-refractivity contribution in [3.05, 3.63) is 23.4 Å². The van der Waals surface area contributed by atoms with E-state index in [-0.39, 0.29) is 12.4 Å². The molecule has 0 aromatic carbocycles. The fourth-order valence-corrected chi connectivity index (χ4v) is 0.995. The number of aliphatic hydroxyl groups excluding tert-OH is 4. The van der Waals surface area contributed by atoms with E-state index in [1.807, 2.05) is 0 Å². The summed E-state index contributed by atoms with van der Waals surface area (Å²) >= 11 is 0.